The first-order valence-corrected chi connectivity index (χ1v) is 10.4. The summed E-state index contributed by atoms with van der Waals surface area (Å²) in [4.78, 5) is 29.5. The molecule has 0 atom stereocenters. The molecule has 0 spiro atoms. The summed E-state index contributed by atoms with van der Waals surface area (Å²) in [5.41, 5.74) is -2.47. The van der Waals surface area contributed by atoms with Crippen molar-refractivity contribution in [3.63, 3.8) is 0 Å². The highest BCUT2D eigenvalue weighted by atomic mass is 35.5. The molecular weight excluding hydrogens is 462 g/mol. The maximum atomic E-state index is 13.1. The third kappa shape index (κ3) is 4.33. The van der Waals surface area contributed by atoms with Gasteiger partial charge in [-0.15, -0.1) is 11.3 Å². The van der Waals surface area contributed by atoms with E-state index in [4.69, 9.17) is 23.2 Å². The first-order chi connectivity index (χ1) is 13.9. The number of hydrogen-bond acceptors (Lipinski definition) is 4. The zero-order chi connectivity index (χ0) is 22.4. The Morgan fingerprint density at radius 2 is 1.80 bits per heavy atom. The lowest BCUT2D eigenvalue weighted by Crippen LogP contribution is -2.40. The average molecular weight is 478 g/mol. The molecule has 160 valence electrons. The van der Waals surface area contributed by atoms with Crippen LogP contribution in [0.1, 0.15) is 25.2 Å². The third-order valence-electron chi connectivity index (χ3n) is 4.29. The van der Waals surface area contributed by atoms with Gasteiger partial charge in [0.15, 0.2) is 0 Å². The van der Waals surface area contributed by atoms with Gasteiger partial charge in [-0.1, -0.05) is 37.0 Å². The molecule has 0 aliphatic carbocycles. The molecular formula is C19H16Cl2F3N3O2S. The van der Waals surface area contributed by atoms with Crippen molar-refractivity contribution in [2.24, 2.45) is 13.0 Å². The lowest BCUT2D eigenvalue weighted by Gasteiger charge is -2.15. The minimum Gasteiger partial charge on any atom is -0.292 e. The smallest absolute Gasteiger partial charge is 0.292 e. The standard InChI is InChI=1S/C19H16Cl2F3N3O2S/c1-9(2)4-10-8-30-17(25-10)11-5-14(13(21)6-12(11)20)27-16(28)7-15(19(22,23)24)26(3)18(27)29/h5-9H,4H2,1-3H3. The van der Waals surface area contributed by atoms with Crippen LogP contribution >= 0.6 is 34.5 Å². The zero-order valence-electron chi connectivity index (χ0n) is 16.1. The summed E-state index contributed by atoms with van der Waals surface area (Å²) in [6.45, 7) is 4.11. The number of benzene rings is 1. The highest BCUT2D eigenvalue weighted by molar-refractivity contribution is 7.13. The minimum absolute atomic E-state index is 0.0540. The van der Waals surface area contributed by atoms with E-state index in [1.807, 2.05) is 5.38 Å². The number of halogens is 5. The normalized spacial score (nSPS) is 12.0. The molecule has 0 unspecified atom stereocenters. The Kier molecular flexibility index (Phi) is 6.18. The van der Waals surface area contributed by atoms with Gasteiger partial charge in [-0.3, -0.25) is 9.36 Å². The molecule has 0 radical (unpaired) electrons. The van der Waals surface area contributed by atoms with Crippen molar-refractivity contribution in [1.82, 2.24) is 14.1 Å². The molecule has 0 saturated carbocycles. The molecule has 2 aromatic heterocycles. The van der Waals surface area contributed by atoms with Crippen LogP contribution in [0.2, 0.25) is 10.0 Å². The van der Waals surface area contributed by atoms with Gasteiger partial charge in [0, 0.05) is 24.1 Å². The van der Waals surface area contributed by atoms with Crippen LogP contribution in [0.3, 0.4) is 0 Å². The molecule has 5 nitrogen and oxygen atoms in total. The third-order valence-corrected chi connectivity index (χ3v) is 5.83. The van der Waals surface area contributed by atoms with E-state index in [1.54, 1.807) is 0 Å². The van der Waals surface area contributed by atoms with E-state index >= 15 is 0 Å². The molecule has 0 bridgehead atoms. The topological polar surface area (TPSA) is 56.9 Å². The first-order valence-electron chi connectivity index (χ1n) is 8.74. The Hall–Kier alpha value is -2.10. The Balaban J connectivity index is 2.21. The van der Waals surface area contributed by atoms with Gasteiger partial charge in [-0.05, 0) is 24.5 Å². The monoisotopic (exact) mass is 477 g/mol. The van der Waals surface area contributed by atoms with Crippen LogP contribution in [0.25, 0.3) is 16.3 Å². The lowest BCUT2D eigenvalue weighted by molar-refractivity contribution is -0.144. The predicted molar refractivity (Wildman–Crippen MR) is 112 cm³/mol. The number of aromatic nitrogens is 3. The lowest BCUT2D eigenvalue weighted by atomic mass is 10.1. The summed E-state index contributed by atoms with van der Waals surface area (Å²) in [6, 6.07) is 3.08. The van der Waals surface area contributed by atoms with Gasteiger partial charge >= 0.3 is 11.9 Å². The van der Waals surface area contributed by atoms with E-state index in [-0.39, 0.29) is 15.7 Å². The van der Waals surface area contributed by atoms with Crippen LogP contribution in [0, 0.1) is 5.92 Å². The second-order valence-corrected chi connectivity index (χ2v) is 8.74. The van der Waals surface area contributed by atoms with Gasteiger partial charge in [0.2, 0.25) is 0 Å². The number of rotatable bonds is 4. The quantitative estimate of drug-likeness (QED) is 0.519. The van der Waals surface area contributed by atoms with Gasteiger partial charge in [-0.25, -0.2) is 14.3 Å². The second-order valence-electron chi connectivity index (χ2n) is 7.07. The highest BCUT2D eigenvalue weighted by Crippen LogP contribution is 2.36. The summed E-state index contributed by atoms with van der Waals surface area (Å²) in [5.74, 6) is 0.393. The largest absolute Gasteiger partial charge is 0.431 e. The molecule has 0 fully saturated rings. The number of alkyl halides is 3. The molecule has 0 aliphatic rings. The summed E-state index contributed by atoms with van der Waals surface area (Å²) in [6.07, 6.45) is -4.09. The summed E-state index contributed by atoms with van der Waals surface area (Å²) >= 11 is 13.8. The molecule has 0 aliphatic heterocycles. The predicted octanol–water partition coefficient (Wildman–Crippen LogP) is 5.18. The van der Waals surface area contributed by atoms with E-state index in [0.29, 0.717) is 31.7 Å². The highest BCUT2D eigenvalue weighted by Gasteiger charge is 2.35. The Bertz CT molecular complexity index is 1230. The van der Waals surface area contributed by atoms with E-state index < -0.39 is 23.1 Å². The van der Waals surface area contributed by atoms with Gasteiger partial charge in [0.25, 0.3) is 5.56 Å². The van der Waals surface area contributed by atoms with E-state index in [1.165, 1.54) is 23.5 Å². The van der Waals surface area contributed by atoms with Crippen LogP contribution in [0.4, 0.5) is 13.2 Å². The molecule has 3 aromatic rings. The first kappa shape index (κ1) is 22.6. The van der Waals surface area contributed by atoms with Crippen molar-refractivity contribution in [3.05, 3.63) is 65.9 Å². The molecule has 30 heavy (non-hydrogen) atoms. The average Bonchev–Trinajstić information content (AvgIpc) is 3.06. The van der Waals surface area contributed by atoms with Crippen LogP contribution in [0.15, 0.2) is 33.2 Å². The van der Waals surface area contributed by atoms with Crippen LogP contribution in [-0.2, 0) is 19.6 Å². The number of hydrogen-bond donors (Lipinski definition) is 0. The van der Waals surface area contributed by atoms with Gasteiger partial charge in [0.05, 0.1) is 21.4 Å². The van der Waals surface area contributed by atoms with Crippen molar-refractivity contribution >= 4 is 34.5 Å². The van der Waals surface area contributed by atoms with Gasteiger partial charge < -0.3 is 0 Å². The van der Waals surface area contributed by atoms with Crippen molar-refractivity contribution in [1.29, 1.82) is 0 Å². The fraction of sp³-hybridized carbons (Fsp3) is 0.316. The van der Waals surface area contributed by atoms with Crippen molar-refractivity contribution in [2.45, 2.75) is 26.4 Å². The molecule has 2 heterocycles. The Morgan fingerprint density at radius 1 is 1.13 bits per heavy atom. The molecule has 1 aromatic carbocycles. The van der Waals surface area contributed by atoms with Crippen LogP contribution in [0.5, 0.6) is 0 Å². The molecule has 3 rings (SSSR count). The van der Waals surface area contributed by atoms with Crippen LogP contribution in [-0.4, -0.2) is 14.1 Å². The minimum atomic E-state index is -4.85. The number of nitrogens with zero attached hydrogens (tertiary/aromatic N) is 3. The molecule has 0 saturated heterocycles. The molecule has 11 heteroatoms. The summed E-state index contributed by atoms with van der Waals surface area (Å²) in [7, 11) is 0.935. The Labute approximate surface area is 183 Å². The van der Waals surface area contributed by atoms with E-state index in [2.05, 4.69) is 18.8 Å². The van der Waals surface area contributed by atoms with Crippen LogP contribution < -0.4 is 11.2 Å². The maximum Gasteiger partial charge on any atom is 0.431 e. The SMILES string of the molecule is CC(C)Cc1csc(-c2cc(-n3c(=O)cc(C(F)(F)F)n(C)c3=O)c(Cl)cc2Cl)n1. The van der Waals surface area contributed by atoms with E-state index in [0.717, 1.165) is 19.2 Å². The van der Waals surface area contributed by atoms with Crippen molar-refractivity contribution in [2.75, 3.05) is 0 Å². The zero-order valence-corrected chi connectivity index (χ0v) is 18.4. The maximum absolute atomic E-state index is 13.1. The number of thiazole rings is 1. The fourth-order valence-electron chi connectivity index (χ4n) is 2.93. The second kappa shape index (κ2) is 8.20. The Morgan fingerprint density at radius 3 is 2.40 bits per heavy atom. The summed E-state index contributed by atoms with van der Waals surface area (Å²) in [5, 5.41) is 2.61. The van der Waals surface area contributed by atoms with Gasteiger partial charge in [-0.2, -0.15) is 13.2 Å². The summed E-state index contributed by atoms with van der Waals surface area (Å²) < 4.78 is 40.2. The van der Waals surface area contributed by atoms with Crippen molar-refractivity contribution in [3.8, 4) is 16.3 Å². The van der Waals surface area contributed by atoms with Gasteiger partial charge in [0.1, 0.15) is 10.7 Å². The fourth-order valence-corrected chi connectivity index (χ4v) is 4.41. The van der Waals surface area contributed by atoms with Crippen molar-refractivity contribution < 1.29 is 13.2 Å². The van der Waals surface area contributed by atoms with E-state index in [9.17, 15) is 22.8 Å². The molecule has 0 amide bonds. The molecule has 0 N–H and O–H groups in total.